The second kappa shape index (κ2) is 8.92. The van der Waals surface area contributed by atoms with Crippen LogP contribution < -0.4 is 10.6 Å². The Balaban J connectivity index is 1.99. The summed E-state index contributed by atoms with van der Waals surface area (Å²) in [7, 11) is 1.53. The van der Waals surface area contributed by atoms with Crippen molar-refractivity contribution in [3.05, 3.63) is 64.9 Å². The summed E-state index contributed by atoms with van der Waals surface area (Å²) in [5, 5.41) is 5.80. The van der Waals surface area contributed by atoms with Gasteiger partial charge in [0.05, 0.1) is 18.7 Å². The molecular weight excluding hydrogens is 382 g/mol. The molecule has 3 rings (SSSR count). The van der Waals surface area contributed by atoms with E-state index in [1.165, 1.54) is 18.9 Å². The van der Waals surface area contributed by atoms with E-state index >= 15 is 0 Å². The van der Waals surface area contributed by atoms with Gasteiger partial charge in [0.25, 0.3) is 11.8 Å². The second-order valence-electron chi connectivity index (χ2n) is 7.19. The molecule has 3 amide bonds. The van der Waals surface area contributed by atoms with Crippen molar-refractivity contribution in [3.63, 3.8) is 0 Å². The van der Waals surface area contributed by atoms with E-state index in [4.69, 9.17) is 4.74 Å². The Morgan fingerprint density at radius 3 is 2.23 bits per heavy atom. The van der Waals surface area contributed by atoms with Crippen molar-refractivity contribution >= 4 is 34.7 Å². The molecule has 0 aliphatic carbocycles. The highest BCUT2D eigenvalue weighted by Crippen LogP contribution is 2.31. The van der Waals surface area contributed by atoms with Gasteiger partial charge in [-0.1, -0.05) is 18.2 Å². The van der Waals surface area contributed by atoms with Crippen molar-refractivity contribution in [2.24, 2.45) is 0 Å². The SMILES string of the molecule is COCCN1C(=O)C(Nc2ccc(NC(C)=O)cc2)=C(c2ccc(C)c(C)c2)C1=O. The van der Waals surface area contributed by atoms with Crippen LogP contribution in [0.4, 0.5) is 11.4 Å². The molecule has 1 aliphatic heterocycles. The predicted octanol–water partition coefficient (Wildman–Crippen LogP) is 3.10. The van der Waals surface area contributed by atoms with E-state index in [1.807, 2.05) is 32.0 Å². The average Bonchev–Trinajstić information content (AvgIpc) is 2.93. The van der Waals surface area contributed by atoms with Gasteiger partial charge in [-0.2, -0.15) is 0 Å². The number of rotatable bonds is 7. The molecule has 7 heteroatoms. The lowest BCUT2D eigenvalue weighted by atomic mass is 9.99. The van der Waals surface area contributed by atoms with Crippen molar-refractivity contribution in [2.75, 3.05) is 30.9 Å². The van der Waals surface area contributed by atoms with Gasteiger partial charge in [0.2, 0.25) is 5.91 Å². The van der Waals surface area contributed by atoms with Crippen LogP contribution in [0.5, 0.6) is 0 Å². The number of methoxy groups -OCH3 is 1. The second-order valence-corrected chi connectivity index (χ2v) is 7.19. The van der Waals surface area contributed by atoms with Gasteiger partial charge in [0.15, 0.2) is 0 Å². The number of aryl methyl sites for hydroxylation is 2. The number of benzene rings is 2. The summed E-state index contributed by atoms with van der Waals surface area (Å²) in [4.78, 5) is 38.5. The van der Waals surface area contributed by atoms with E-state index in [0.717, 1.165) is 11.1 Å². The molecular formula is C23H25N3O4. The van der Waals surface area contributed by atoms with Gasteiger partial charge in [-0.3, -0.25) is 19.3 Å². The van der Waals surface area contributed by atoms with Crippen molar-refractivity contribution in [1.29, 1.82) is 0 Å². The van der Waals surface area contributed by atoms with Crippen LogP contribution in [0.3, 0.4) is 0 Å². The maximum atomic E-state index is 13.1. The molecule has 0 saturated heterocycles. The zero-order chi connectivity index (χ0) is 21.8. The minimum absolute atomic E-state index is 0.166. The van der Waals surface area contributed by atoms with Crippen LogP contribution in [-0.4, -0.2) is 42.9 Å². The van der Waals surface area contributed by atoms with Crippen molar-refractivity contribution in [1.82, 2.24) is 4.90 Å². The number of ether oxygens (including phenoxy) is 1. The van der Waals surface area contributed by atoms with Gasteiger partial charge in [0, 0.05) is 25.4 Å². The van der Waals surface area contributed by atoms with Crippen molar-refractivity contribution in [3.8, 4) is 0 Å². The topological polar surface area (TPSA) is 87.7 Å². The number of carbonyl (C=O) groups excluding carboxylic acids is 3. The molecule has 30 heavy (non-hydrogen) atoms. The van der Waals surface area contributed by atoms with E-state index in [1.54, 1.807) is 24.3 Å². The number of anilines is 2. The Bertz CT molecular complexity index is 1030. The molecule has 0 atom stereocenters. The van der Waals surface area contributed by atoms with Crippen LogP contribution in [0.2, 0.25) is 0 Å². The van der Waals surface area contributed by atoms with E-state index in [-0.39, 0.29) is 30.7 Å². The molecule has 2 N–H and O–H groups in total. The summed E-state index contributed by atoms with van der Waals surface area (Å²) in [6.45, 7) is 5.84. The fourth-order valence-electron chi connectivity index (χ4n) is 3.23. The zero-order valence-corrected chi connectivity index (χ0v) is 17.5. The summed E-state index contributed by atoms with van der Waals surface area (Å²) in [5.41, 5.74) is 4.68. The molecule has 0 bridgehead atoms. The smallest absolute Gasteiger partial charge is 0.278 e. The van der Waals surface area contributed by atoms with Crippen molar-refractivity contribution < 1.29 is 19.1 Å². The molecule has 0 unspecified atom stereocenters. The molecule has 0 aromatic heterocycles. The number of imide groups is 1. The number of nitrogens with zero attached hydrogens (tertiary/aromatic N) is 1. The Morgan fingerprint density at radius 2 is 1.63 bits per heavy atom. The van der Waals surface area contributed by atoms with Crippen LogP contribution in [0.1, 0.15) is 23.6 Å². The van der Waals surface area contributed by atoms with Crippen LogP contribution in [0.15, 0.2) is 48.2 Å². The van der Waals surface area contributed by atoms with Gasteiger partial charge in [-0.05, 0) is 54.8 Å². The van der Waals surface area contributed by atoms with Crippen LogP contribution >= 0.6 is 0 Å². The number of nitrogens with one attached hydrogen (secondary N) is 2. The lowest BCUT2D eigenvalue weighted by Crippen LogP contribution is -2.35. The molecule has 7 nitrogen and oxygen atoms in total. The first-order valence-corrected chi connectivity index (χ1v) is 9.63. The number of amides is 3. The average molecular weight is 407 g/mol. The standard InChI is InChI=1S/C23H25N3O4/c1-14-5-6-17(13-15(14)2)20-21(23(29)26(22(20)28)11-12-30-4)25-19-9-7-18(8-10-19)24-16(3)27/h5-10,13,25H,11-12H2,1-4H3,(H,24,27). The normalized spacial score (nSPS) is 13.8. The third kappa shape index (κ3) is 4.41. The van der Waals surface area contributed by atoms with Gasteiger partial charge >= 0.3 is 0 Å². The fraction of sp³-hybridized carbons (Fsp3) is 0.261. The highest BCUT2D eigenvalue weighted by molar-refractivity contribution is 6.36. The van der Waals surface area contributed by atoms with E-state index < -0.39 is 5.91 Å². The molecule has 0 radical (unpaired) electrons. The molecule has 2 aromatic carbocycles. The van der Waals surface area contributed by atoms with E-state index in [2.05, 4.69) is 10.6 Å². The van der Waals surface area contributed by atoms with E-state index in [0.29, 0.717) is 22.5 Å². The molecule has 0 fully saturated rings. The number of hydrogen-bond acceptors (Lipinski definition) is 5. The summed E-state index contributed by atoms with van der Waals surface area (Å²) in [6.07, 6.45) is 0. The number of carbonyl (C=O) groups is 3. The monoisotopic (exact) mass is 407 g/mol. The fourth-order valence-corrected chi connectivity index (χ4v) is 3.23. The van der Waals surface area contributed by atoms with Crippen molar-refractivity contribution in [2.45, 2.75) is 20.8 Å². The Hall–Kier alpha value is -3.45. The third-order valence-corrected chi connectivity index (χ3v) is 4.96. The molecule has 0 spiro atoms. The van der Waals surface area contributed by atoms with Gasteiger partial charge in [-0.15, -0.1) is 0 Å². The number of hydrogen-bond donors (Lipinski definition) is 2. The zero-order valence-electron chi connectivity index (χ0n) is 17.5. The highest BCUT2D eigenvalue weighted by atomic mass is 16.5. The van der Waals surface area contributed by atoms with Gasteiger partial charge in [0.1, 0.15) is 5.70 Å². The summed E-state index contributed by atoms with van der Waals surface area (Å²) in [6, 6.07) is 12.6. The van der Waals surface area contributed by atoms with Gasteiger partial charge < -0.3 is 15.4 Å². The maximum absolute atomic E-state index is 13.1. The van der Waals surface area contributed by atoms with Crippen LogP contribution in [0, 0.1) is 13.8 Å². The summed E-state index contributed by atoms with van der Waals surface area (Å²) >= 11 is 0. The minimum atomic E-state index is -0.392. The molecule has 156 valence electrons. The molecule has 1 aliphatic rings. The predicted molar refractivity (Wildman–Crippen MR) is 116 cm³/mol. The Kier molecular flexibility index (Phi) is 6.32. The van der Waals surface area contributed by atoms with Crippen LogP contribution in [-0.2, 0) is 19.1 Å². The van der Waals surface area contributed by atoms with E-state index in [9.17, 15) is 14.4 Å². The molecule has 1 heterocycles. The van der Waals surface area contributed by atoms with Crippen LogP contribution in [0.25, 0.3) is 5.57 Å². The Labute approximate surface area is 175 Å². The van der Waals surface area contributed by atoms with Gasteiger partial charge in [-0.25, -0.2) is 0 Å². The third-order valence-electron chi connectivity index (χ3n) is 4.96. The molecule has 0 saturated carbocycles. The lowest BCUT2D eigenvalue weighted by molar-refractivity contribution is -0.137. The quantitative estimate of drug-likeness (QED) is 0.689. The Morgan fingerprint density at radius 1 is 0.967 bits per heavy atom. The highest BCUT2D eigenvalue weighted by Gasteiger charge is 2.39. The maximum Gasteiger partial charge on any atom is 0.278 e. The summed E-state index contributed by atoms with van der Waals surface area (Å²) < 4.78 is 5.06. The minimum Gasteiger partial charge on any atom is -0.383 e. The molecule has 2 aromatic rings. The lowest BCUT2D eigenvalue weighted by Gasteiger charge is -2.14. The first-order chi connectivity index (χ1) is 14.3. The summed E-state index contributed by atoms with van der Waals surface area (Å²) in [5.74, 6) is -0.908. The first kappa shape index (κ1) is 21.3. The largest absolute Gasteiger partial charge is 0.383 e. The first-order valence-electron chi connectivity index (χ1n) is 9.63.